The number of nitriles is 1. The zero-order valence-corrected chi connectivity index (χ0v) is 10.9. The molecule has 5 heteroatoms. The summed E-state index contributed by atoms with van der Waals surface area (Å²) in [5, 5.41) is 22.8. The average Bonchev–Trinajstić information content (AvgIpc) is 2.36. The highest BCUT2D eigenvalue weighted by atomic mass is 16.6. The van der Waals surface area contributed by atoms with Gasteiger partial charge in [-0.15, -0.1) is 0 Å². The molecule has 0 fully saturated rings. The molecule has 0 spiro atoms. The zero-order valence-electron chi connectivity index (χ0n) is 10.9. The van der Waals surface area contributed by atoms with Crippen molar-refractivity contribution < 1.29 is 4.92 Å². The predicted octanol–water partition coefficient (Wildman–Crippen LogP) is 3.31. The zero-order chi connectivity index (χ0) is 13.8. The molecule has 0 aliphatic heterocycles. The number of nitro groups is 1. The van der Waals surface area contributed by atoms with E-state index in [1.165, 1.54) is 6.07 Å². The Morgan fingerprint density at radius 2 is 2.17 bits per heavy atom. The van der Waals surface area contributed by atoms with E-state index in [0.29, 0.717) is 17.8 Å². The molecule has 0 radical (unpaired) electrons. The highest BCUT2D eigenvalue weighted by molar-refractivity contribution is 5.64. The van der Waals surface area contributed by atoms with Gasteiger partial charge in [-0.25, -0.2) is 0 Å². The van der Waals surface area contributed by atoms with Crippen molar-refractivity contribution in [2.75, 3.05) is 11.9 Å². The van der Waals surface area contributed by atoms with Crippen LogP contribution in [0, 0.1) is 26.9 Å². The molecule has 1 rings (SSSR count). The van der Waals surface area contributed by atoms with Crippen LogP contribution in [0.5, 0.6) is 0 Å². The van der Waals surface area contributed by atoms with Gasteiger partial charge < -0.3 is 5.32 Å². The summed E-state index contributed by atoms with van der Waals surface area (Å²) < 4.78 is 0. The Kier molecular flexibility index (Phi) is 4.27. The van der Waals surface area contributed by atoms with Crippen LogP contribution in [-0.2, 0) is 0 Å². The minimum atomic E-state index is -0.470. The third kappa shape index (κ3) is 3.45. The van der Waals surface area contributed by atoms with Crippen LogP contribution in [-0.4, -0.2) is 11.5 Å². The van der Waals surface area contributed by atoms with Gasteiger partial charge in [0.2, 0.25) is 0 Å². The van der Waals surface area contributed by atoms with Crippen molar-refractivity contribution in [3.05, 3.63) is 33.9 Å². The Morgan fingerprint density at radius 3 is 2.67 bits per heavy atom. The van der Waals surface area contributed by atoms with Gasteiger partial charge in [-0.1, -0.05) is 20.8 Å². The minimum Gasteiger partial charge on any atom is -0.379 e. The average molecular weight is 247 g/mol. The first-order valence-electron chi connectivity index (χ1n) is 5.82. The number of hydrogen-bond acceptors (Lipinski definition) is 4. The van der Waals surface area contributed by atoms with Gasteiger partial charge in [0.05, 0.1) is 16.6 Å². The Morgan fingerprint density at radius 1 is 1.50 bits per heavy atom. The molecule has 1 aromatic rings. The molecule has 96 valence electrons. The summed E-state index contributed by atoms with van der Waals surface area (Å²) in [4.78, 5) is 10.5. The minimum absolute atomic E-state index is 0.0547. The first-order chi connectivity index (χ1) is 8.39. The lowest BCUT2D eigenvalue weighted by atomic mass is 9.90. The number of hydrogen-bond donors (Lipinski definition) is 1. The van der Waals surface area contributed by atoms with Crippen LogP contribution < -0.4 is 5.32 Å². The lowest BCUT2D eigenvalue weighted by Crippen LogP contribution is -2.22. The number of nitro benzene ring substituents is 1. The second kappa shape index (κ2) is 5.50. The van der Waals surface area contributed by atoms with Crippen molar-refractivity contribution in [2.45, 2.75) is 27.2 Å². The van der Waals surface area contributed by atoms with Crippen LogP contribution in [0.1, 0.15) is 32.8 Å². The third-order valence-electron chi connectivity index (χ3n) is 3.04. The molecule has 0 aliphatic carbocycles. The van der Waals surface area contributed by atoms with Gasteiger partial charge in [-0.3, -0.25) is 10.1 Å². The summed E-state index contributed by atoms with van der Waals surface area (Å²) in [7, 11) is 0. The molecular weight excluding hydrogens is 230 g/mol. The molecule has 0 bridgehead atoms. The van der Waals surface area contributed by atoms with Crippen LogP contribution in [0.15, 0.2) is 18.2 Å². The van der Waals surface area contributed by atoms with Crippen molar-refractivity contribution in [1.82, 2.24) is 0 Å². The van der Waals surface area contributed by atoms with E-state index in [0.717, 1.165) is 6.42 Å². The number of benzene rings is 1. The molecule has 0 atom stereocenters. The topological polar surface area (TPSA) is 79.0 Å². The van der Waals surface area contributed by atoms with E-state index in [1.807, 2.05) is 6.07 Å². The standard InChI is InChI=1S/C13H17N3O2/c1-4-13(2,3)9-15-11-6-5-10(8-14)7-12(11)16(17)18/h5-7,15H,4,9H2,1-3H3. The van der Waals surface area contributed by atoms with Crippen LogP contribution >= 0.6 is 0 Å². The van der Waals surface area contributed by atoms with Gasteiger partial charge in [-0.05, 0) is 24.0 Å². The highest BCUT2D eigenvalue weighted by Gasteiger charge is 2.19. The molecule has 0 heterocycles. The fourth-order valence-corrected chi connectivity index (χ4v) is 1.36. The smallest absolute Gasteiger partial charge is 0.293 e. The van der Waals surface area contributed by atoms with E-state index in [9.17, 15) is 10.1 Å². The summed E-state index contributed by atoms with van der Waals surface area (Å²) in [6.45, 7) is 6.91. The first-order valence-corrected chi connectivity index (χ1v) is 5.82. The van der Waals surface area contributed by atoms with Gasteiger partial charge in [0, 0.05) is 12.6 Å². The summed E-state index contributed by atoms with van der Waals surface area (Å²) >= 11 is 0. The molecule has 0 saturated heterocycles. The van der Waals surface area contributed by atoms with Gasteiger partial charge in [0.15, 0.2) is 0 Å². The molecule has 5 nitrogen and oxygen atoms in total. The van der Waals surface area contributed by atoms with Crippen molar-refractivity contribution in [3.8, 4) is 6.07 Å². The lowest BCUT2D eigenvalue weighted by molar-refractivity contribution is -0.384. The van der Waals surface area contributed by atoms with E-state index < -0.39 is 4.92 Å². The summed E-state index contributed by atoms with van der Waals surface area (Å²) in [5.41, 5.74) is 0.769. The third-order valence-corrected chi connectivity index (χ3v) is 3.04. The quantitative estimate of drug-likeness (QED) is 0.639. The SMILES string of the molecule is CCC(C)(C)CNc1ccc(C#N)cc1[N+](=O)[O-]. The number of rotatable bonds is 5. The Balaban J connectivity index is 2.96. The molecule has 18 heavy (non-hydrogen) atoms. The number of anilines is 1. The summed E-state index contributed by atoms with van der Waals surface area (Å²) in [5.74, 6) is 0. The van der Waals surface area contributed by atoms with E-state index in [2.05, 4.69) is 26.1 Å². The summed E-state index contributed by atoms with van der Waals surface area (Å²) in [6.07, 6.45) is 0.976. The number of nitrogens with one attached hydrogen (secondary N) is 1. The monoisotopic (exact) mass is 247 g/mol. The maximum Gasteiger partial charge on any atom is 0.293 e. The van der Waals surface area contributed by atoms with Crippen molar-refractivity contribution in [1.29, 1.82) is 5.26 Å². The van der Waals surface area contributed by atoms with Gasteiger partial charge >= 0.3 is 0 Å². The molecule has 0 saturated carbocycles. The fraction of sp³-hybridized carbons (Fsp3) is 0.462. The van der Waals surface area contributed by atoms with Crippen LogP contribution in [0.4, 0.5) is 11.4 Å². The number of nitrogens with zero attached hydrogens (tertiary/aromatic N) is 2. The molecule has 0 amide bonds. The first kappa shape index (κ1) is 14.0. The Labute approximate surface area is 107 Å². The molecule has 0 aliphatic rings. The van der Waals surface area contributed by atoms with Crippen molar-refractivity contribution in [2.24, 2.45) is 5.41 Å². The van der Waals surface area contributed by atoms with Crippen LogP contribution in [0.2, 0.25) is 0 Å². The molecule has 1 aromatic carbocycles. The van der Waals surface area contributed by atoms with E-state index >= 15 is 0 Å². The molecule has 0 unspecified atom stereocenters. The second-order valence-electron chi connectivity index (χ2n) is 4.97. The second-order valence-corrected chi connectivity index (χ2v) is 4.97. The Bertz CT molecular complexity index is 489. The normalized spacial score (nSPS) is 10.8. The Hall–Kier alpha value is -2.09. The molecule has 1 N–H and O–H groups in total. The molecule has 0 aromatic heterocycles. The van der Waals surface area contributed by atoms with E-state index in [-0.39, 0.29) is 11.1 Å². The maximum absolute atomic E-state index is 10.9. The van der Waals surface area contributed by atoms with Gasteiger partial charge in [0.1, 0.15) is 5.69 Å². The van der Waals surface area contributed by atoms with Gasteiger partial charge in [-0.2, -0.15) is 5.26 Å². The van der Waals surface area contributed by atoms with Crippen LogP contribution in [0.25, 0.3) is 0 Å². The van der Waals surface area contributed by atoms with E-state index in [4.69, 9.17) is 5.26 Å². The van der Waals surface area contributed by atoms with Gasteiger partial charge in [0.25, 0.3) is 5.69 Å². The van der Waals surface area contributed by atoms with E-state index in [1.54, 1.807) is 12.1 Å². The lowest BCUT2D eigenvalue weighted by Gasteiger charge is -2.23. The van der Waals surface area contributed by atoms with Crippen molar-refractivity contribution in [3.63, 3.8) is 0 Å². The molecular formula is C13H17N3O2. The predicted molar refractivity (Wildman–Crippen MR) is 70.4 cm³/mol. The fourth-order valence-electron chi connectivity index (χ4n) is 1.36. The highest BCUT2D eigenvalue weighted by Crippen LogP contribution is 2.27. The van der Waals surface area contributed by atoms with Crippen molar-refractivity contribution >= 4 is 11.4 Å². The summed E-state index contributed by atoms with van der Waals surface area (Å²) in [6, 6.07) is 6.36. The largest absolute Gasteiger partial charge is 0.379 e. The maximum atomic E-state index is 10.9. The van der Waals surface area contributed by atoms with Crippen LogP contribution in [0.3, 0.4) is 0 Å².